The third-order valence-corrected chi connectivity index (χ3v) is 5.57. The van der Waals surface area contributed by atoms with Crippen LogP contribution in [0.25, 0.3) is 0 Å². The number of amides is 1. The van der Waals surface area contributed by atoms with Gasteiger partial charge in [0.15, 0.2) is 11.5 Å². The minimum absolute atomic E-state index is 0.0913. The van der Waals surface area contributed by atoms with E-state index >= 15 is 0 Å². The number of nitrogens with one attached hydrogen (secondary N) is 1. The van der Waals surface area contributed by atoms with Gasteiger partial charge < -0.3 is 19.7 Å². The molecule has 0 aliphatic carbocycles. The van der Waals surface area contributed by atoms with Gasteiger partial charge in [-0.15, -0.1) is 0 Å². The lowest BCUT2D eigenvalue weighted by Gasteiger charge is -2.39. The van der Waals surface area contributed by atoms with Gasteiger partial charge in [-0.25, -0.2) is 0 Å². The average Bonchev–Trinajstić information content (AvgIpc) is 3.23. The monoisotopic (exact) mass is 381 g/mol. The van der Waals surface area contributed by atoms with Crippen molar-refractivity contribution in [3.05, 3.63) is 59.7 Å². The number of benzene rings is 2. The lowest BCUT2D eigenvalue weighted by atomic mass is 10.0. The zero-order chi connectivity index (χ0) is 19.3. The molecule has 6 heteroatoms. The summed E-state index contributed by atoms with van der Waals surface area (Å²) in [5.41, 5.74) is 1.82. The van der Waals surface area contributed by atoms with E-state index in [-0.39, 0.29) is 18.7 Å². The third kappa shape index (κ3) is 4.13. The van der Waals surface area contributed by atoms with Crippen LogP contribution in [-0.2, 0) is 0 Å². The predicted octanol–water partition coefficient (Wildman–Crippen LogP) is 2.52. The van der Waals surface area contributed by atoms with Crippen LogP contribution < -0.4 is 14.8 Å². The zero-order valence-corrected chi connectivity index (χ0v) is 16.3. The van der Waals surface area contributed by atoms with Gasteiger partial charge in [0.25, 0.3) is 5.91 Å². The van der Waals surface area contributed by atoms with Crippen molar-refractivity contribution in [1.29, 1.82) is 0 Å². The molecule has 148 valence electrons. The Labute approximate surface area is 166 Å². The van der Waals surface area contributed by atoms with Crippen molar-refractivity contribution in [3.63, 3.8) is 0 Å². The molecule has 0 bridgehead atoms. The molecule has 0 saturated carbocycles. The number of likely N-dealkylation sites (N-methyl/N-ethyl adjacent to an activating group) is 1. The number of hydrogen-bond donors (Lipinski definition) is 1. The van der Waals surface area contributed by atoms with E-state index in [1.54, 1.807) is 18.2 Å². The quantitative estimate of drug-likeness (QED) is 0.833. The molecule has 2 aliphatic heterocycles. The van der Waals surface area contributed by atoms with Gasteiger partial charge >= 0.3 is 0 Å². The highest BCUT2D eigenvalue weighted by Crippen LogP contribution is 2.32. The minimum Gasteiger partial charge on any atom is -0.454 e. The van der Waals surface area contributed by atoms with Gasteiger partial charge in [0, 0.05) is 38.3 Å². The van der Waals surface area contributed by atoms with Gasteiger partial charge in [-0.1, -0.05) is 37.3 Å². The number of piperazine rings is 1. The van der Waals surface area contributed by atoms with Crippen LogP contribution >= 0.6 is 0 Å². The summed E-state index contributed by atoms with van der Waals surface area (Å²) < 4.78 is 10.7. The Morgan fingerprint density at radius 3 is 2.54 bits per heavy atom. The molecule has 0 spiro atoms. The van der Waals surface area contributed by atoms with Crippen LogP contribution in [0.15, 0.2) is 48.5 Å². The number of carbonyl (C=O) groups excluding carboxylic acids is 1. The van der Waals surface area contributed by atoms with Crippen LogP contribution in [0, 0.1) is 0 Å². The Bertz CT molecular complexity index is 804. The summed E-state index contributed by atoms with van der Waals surface area (Å²) in [6, 6.07) is 15.9. The Balaban J connectivity index is 1.44. The first-order chi connectivity index (χ1) is 13.7. The van der Waals surface area contributed by atoms with E-state index in [1.165, 1.54) is 5.56 Å². The highest BCUT2D eigenvalue weighted by Gasteiger charge is 2.25. The number of fused-ring (bicyclic) bond motifs is 1. The molecule has 2 heterocycles. The molecular weight excluding hydrogens is 354 g/mol. The molecule has 1 N–H and O–H groups in total. The lowest BCUT2D eigenvalue weighted by Crippen LogP contribution is -2.49. The third-order valence-electron chi connectivity index (χ3n) is 5.57. The normalized spacial score (nSPS) is 18.0. The number of rotatable bonds is 6. The fourth-order valence-electron chi connectivity index (χ4n) is 3.85. The van der Waals surface area contributed by atoms with Crippen LogP contribution in [0.1, 0.15) is 28.9 Å². The summed E-state index contributed by atoms with van der Waals surface area (Å²) >= 11 is 0. The van der Waals surface area contributed by atoms with Gasteiger partial charge in [0.05, 0.1) is 6.04 Å². The van der Waals surface area contributed by atoms with E-state index in [4.69, 9.17) is 9.47 Å². The molecule has 1 atom stereocenters. The first-order valence-electron chi connectivity index (χ1n) is 9.94. The van der Waals surface area contributed by atoms with Crippen LogP contribution in [0.4, 0.5) is 0 Å². The summed E-state index contributed by atoms with van der Waals surface area (Å²) in [6.07, 6.45) is 0. The van der Waals surface area contributed by atoms with E-state index in [9.17, 15) is 4.79 Å². The second-order valence-corrected chi connectivity index (χ2v) is 7.17. The van der Waals surface area contributed by atoms with Crippen molar-refractivity contribution in [2.45, 2.75) is 13.0 Å². The van der Waals surface area contributed by atoms with E-state index in [1.807, 2.05) is 6.07 Å². The Morgan fingerprint density at radius 1 is 1.04 bits per heavy atom. The number of ether oxygens (including phenoxy) is 2. The standard InChI is InChI=1S/C22H27N3O3/c1-2-24-10-12-25(13-11-24)19(17-6-4-3-5-7-17)15-23-22(26)18-8-9-20-21(14-18)28-16-27-20/h3-9,14,19H,2,10-13,15-16H2,1H3,(H,23,26). The Kier molecular flexibility index (Phi) is 5.78. The first kappa shape index (κ1) is 18.8. The fraction of sp³-hybridized carbons (Fsp3) is 0.409. The summed E-state index contributed by atoms with van der Waals surface area (Å²) in [5.74, 6) is 1.22. The number of nitrogens with zero attached hydrogens (tertiary/aromatic N) is 2. The summed E-state index contributed by atoms with van der Waals surface area (Å²) in [7, 11) is 0. The Hall–Kier alpha value is -2.57. The molecular formula is C22H27N3O3. The van der Waals surface area contributed by atoms with Gasteiger partial charge in [0.2, 0.25) is 6.79 Å². The maximum Gasteiger partial charge on any atom is 0.251 e. The second-order valence-electron chi connectivity index (χ2n) is 7.17. The van der Waals surface area contributed by atoms with Crippen molar-refractivity contribution < 1.29 is 14.3 Å². The van der Waals surface area contributed by atoms with Gasteiger partial charge in [-0.3, -0.25) is 9.69 Å². The highest BCUT2D eigenvalue weighted by atomic mass is 16.7. The molecule has 1 unspecified atom stereocenters. The first-order valence-corrected chi connectivity index (χ1v) is 9.94. The molecule has 0 radical (unpaired) electrons. The van der Waals surface area contributed by atoms with Gasteiger partial charge in [-0.2, -0.15) is 0 Å². The molecule has 1 saturated heterocycles. The summed E-state index contributed by atoms with van der Waals surface area (Å²) in [5, 5.41) is 3.12. The summed E-state index contributed by atoms with van der Waals surface area (Å²) in [6.45, 7) is 8.22. The summed E-state index contributed by atoms with van der Waals surface area (Å²) in [4.78, 5) is 17.7. The van der Waals surface area contributed by atoms with Crippen molar-refractivity contribution in [3.8, 4) is 11.5 Å². The molecule has 2 aromatic rings. The molecule has 6 nitrogen and oxygen atoms in total. The lowest BCUT2D eigenvalue weighted by molar-refractivity contribution is 0.0855. The smallest absolute Gasteiger partial charge is 0.251 e. The molecule has 2 aliphatic rings. The molecule has 2 aromatic carbocycles. The zero-order valence-electron chi connectivity index (χ0n) is 16.3. The van der Waals surface area contributed by atoms with Crippen molar-refractivity contribution in [1.82, 2.24) is 15.1 Å². The average molecular weight is 381 g/mol. The SMILES string of the molecule is CCN1CCN(C(CNC(=O)c2ccc3c(c2)OCO3)c2ccccc2)CC1. The van der Waals surface area contributed by atoms with E-state index in [2.05, 4.69) is 46.3 Å². The molecule has 0 aromatic heterocycles. The minimum atomic E-state index is -0.0913. The molecule has 28 heavy (non-hydrogen) atoms. The van der Waals surface area contributed by atoms with Crippen LogP contribution in [0.2, 0.25) is 0 Å². The topological polar surface area (TPSA) is 54.0 Å². The largest absolute Gasteiger partial charge is 0.454 e. The van der Waals surface area contributed by atoms with Crippen LogP contribution in [-0.4, -0.2) is 61.8 Å². The van der Waals surface area contributed by atoms with Crippen molar-refractivity contribution in [2.24, 2.45) is 0 Å². The fourth-order valence-corrected chi connectivity index (χ4v) is 3.85. The Morgan fingerprint density at radius 2 is 1.79 bits per heavy atom. The predicted molar refractivity (Wildman–Crippen MR) is 108 cm³/mol. The highest BCUT2D eigenvalue weighted by molar-refractivity contribution is 5.95. The van der Waals surface area contributed by atoms with Crippen molar-refractivity contribution >= 4 is 5.91 Å². The second kappa shape index (κ2) is 8.63. The maximum absolute atomic E-state index is 12.7. The van der Waals surface area contributed by atoms with Gasteiger partial charge in [0.1, 0.15) is 0 Å². The van der Waals surface area contributed by atoms with Crippen LogP contribution in [0.3, 0.4) is 0 Å². The van der Waals surface area contributed by atoms with Gasteiger partial charge in [-0.05, 0) is 30.3 Å². The van der Waals surface area contributed by atoms with Crippen molar-refractivity contribution in [2.75, 3.05) is 46.1 Å². The number of hydrogen-bond acceptors (Lipinski definition) is 5. The maximum atomic E-state index is 12.7. The van der Waals surface area contributed by atoms with E-state index in [0.717, 1.165) is 32.7 Å². The number of carbonyl (C=O) groups is 1. The molecule has 1 fully saturated rings. The van der Waals surface area contributed by atoms with E-state index in [0.29, 0.717) is 23.6 Å². The molecule has 1 amide bonds. The molecule has 4 rings (SSSR count). The van der Waals surface area contributed by atoms with E-state index < -0.39 is 0 Å². The van der Waals surface area contributed by atoms with Crippen LogP contribution in [0.5, 0.6) is 11.5 Å².